The number of ether oxygens (including phenoxy) is 1. The molecule has 0 saturated heterocycles. The van der Waals surface area contributed by atoms with Crippen LogP contribution in [0.3, 0.4) is 0 Å². The lowest BCUT2D eigenvalue weighted by Gasteiger charge is -2.23. The van der Waals surface area contributed by atoms with Gasteiger partial charge in [0.05, 0.1) is 16.1 Å². The number of rotatable bonds is 7. The number of hydrogen-bond acceptors (Lipinski definition) is 4. The summed E-state index contributed by atoms with van der Waals surface area (Å²) in [6, 6.07) is 5.69. The molecule has 0 N–H and O–H groups in total. The van der Waals surface area contributed by atoms with E-state index in [0.717, 1.165) is 11.3 Å². The zero-order chi connectivity index (χ0) is 16.1. The average Bonchev–Trinajstić information content (AvgIpc) is 2.99. The van der Waals surface area contributed by atoms with Crippen LogP contribution in [-0.2, 0) is 6.54 Å². The first-order valence-electron chi connectivity index (χ1n) is 6.85. The first-order valence-corrected chi connectivity index (χ1v) is 7.60. The van der Waals surface area contributed by atoms with Crippen LogP contribution in [0.2, 0.25) is 10.0 Å². The lowest BCUT2D eigenvalue weighted by atomic mass is 10.1. The maximum absolute atomic E-state index is 6.24. The van der Waals surface area contributed by atoms with E-state index in [0.29, 0.717) is 28.9 Å². The van der Waals surface area contributed by atoms with E-state index in [1.165, 1.54) is 0 Å². The van der Waals surface area contributed by atoms with Gasteiger partial charge in [-0.2, -0.15) is 0 Å². The monoisotopic (exact) mass is 340 g/mol. The largest absolute Gasteiger partial charge is 0.486 e. The maximum atomic E-state index is 6.24. The van der Waals surface area contributed by atoms with Crippen LogP contribution >= 0.6 is 23.2 Å². The topological polar surface area (TPSA) is 38.5 Å². The lowest BCUT2D eigenvalue weighted by molar-refractivity contribution is 0.240. The fourth-order valence-corrected chi connectivity index (χ4v) is 2.71. The molecule has 1 aromatic carbocycles. The third-order valence-corrected chi connectivity index (χ3v) is 3.94. The van der Waals surface area contributed by atoms with Crippen molar-refractivity contribution in [3.05, 3.63) is 58.4 Å². The molecule has 0 radical (unpaired) electrons. The third-order valence-electron chi connectivity index (χ3n) is 3.38. The third kappa shape index (κ3) is 4.03. The second kappa shape index (κ2) is 7.68. The van der Waals surface area contributed by atoms with Gasteiger partial charge in [0.25, 0.3) is 0 Å². The molecule has 1 atom stereocenters. The lowest BCUT2D eigenvalue weighted by Crippen LogP contribution is -2.22. The molecule has 2 rings (SSSR count). The normalized spacial score (nSPS) is 12.4. The van der Waals surface area contributed by atoms with Gasteiger partial charge in [-0.1, -0.05) is 41.0 Å². The molecule has 118 valence electrons. The molecule has 0 amide bonds. The number of nitrogens with zero attached hydrogens (tertiary/aromatic N) is 2. The van der Waals surface area contributed by atoms with Gasteiger partial charge in [0.1, 0.15) is 18.6 Å². The van der Waals surface area contributed by atoms with E-state index in [1.54, 1.807) is 12.3 Å². The number of benzene rings is 1. The highest BCUT2D eigenvalue weighted by Gasteiger charge is 2.16. The Morgan fingerprint density at radius 2 is 2.09 bits per heavy atom. The van der Waals surface area contributed by atoms with E-state index in [1.807, 2.05) is 25.2 Å². The minimum absolute atomic E-state index is 0.119. The van der Waals surface area contributed by atoms with Gasteiger partial charge in [0.15, 0.2) is 5.75 Å². The minimum atomic E-state index is 0.119. The molecule has 0 fully saturated rings. The molecule has 2 aromatic rings. The van der Waals surface area contributed by atoms with Crippen LogP contribution in [0, 0.1) is 0 Å². The summed E-state index contributed by atoms with van der Waals surface area (Å²) >= 11 is 12.5. The van der Waals surface area contributed by atoms with Crippen molar-refractivity contribution in [2.45, 2.75) is 19.5 Å². The summed E-state index contributed by atoms with van der Waals surface area (Å²) in [4.78, 5) is 2.13. The Bertz CT molecular complexity index is 606. The highest BCUT2D eigenvalue weighted by molar-refractivity contribution is 6.37. The van der Waals surface area contributed by atoms with Gasteiger partial charge in [-0.3, -0.25) is 4.90 Å². The molecule has 0 aliphatic carbocycles. The molecule has 4 nitrogen and oxygen atoms in total. The van der Waals surface area contributed by atoms with Gasteiger partial charge in [0, 0.05) is 12.6 Å². The SMILES string of the molecule is C=CCOc1c(Cl)cc(CN(C)C(C)c2ccon2)cc1Cl. The van der Waals surface area contributed by atoms with Crippen LogP contribution in [0.4, 0.5) is 0 Å². The van der Waals surface area contributed by atoms with Crippen molar-refractivity contribution in [2.24, 2.45) is 0 Å². The summed E-state index contributed by atoms with van der Waals surface area (Å²) in [5.74, 6) is 0.485. The van der Waals surface area contributed by atoms with E-state index >= 15 is 0 Å². The summed E-state index contributed by atoms with van der Waals surface area (Å²) in [5, 5.41) is 4.95. The van der Waals surface area contributed by atoms with Crippen molar-refractivity contribution in [1.29, 1.82) is 0 Å². The average molecular weight is 341 g/mol. The second-order valence-electron chi connectivity index (χ2n) is 5.00. The fourth-order valence-electron chi connectivity index (χ4n) is 2.07. The first-order chi connectivity index (χ1) is 10.5. The van der Waals surface area contributed by atoms with Crippen molar-refractivity contribution in [2.75, 3.05) is 13.7 Å². The van der Waals surface area contributed by atoms with Crippen LogP contribution in [-0.4, -0.2) is 23.7 Å². The molecule has 6 heteroatoms. The van der Waals surface area contributed by atoms with Crippen LogP contribution in [0.25, 0.3) is 0 Å². The Kier molecular flexibility index (Phi) is 5.89. The fraction of sp³-hybridized carbons (Fsp3) is 0.312. The number of aromatic nitrogens is 1. The second-order valence-corrected chi connectivity index (χ2v) is 5.82. The molecule has 1 aromatic heterocycles. The molecule has 0 aliphatic heterocycles. The van der Waals surface area contributed by atoms with Gasteiger partial charge in [-0.05, 0) is 31.7 Å². The van der Waals surface area contributed by atoms with Gasteiger partial charge in [-0.25, -0.2) is 0 Å². The van der Waals surface area contributed by atoms with Gasteiger partial charge >= 0.3 is 0 Å². The minimum Gasteiger partial charge on any atom is -0.486 e. The highest BCUT2D eigenvalue weighted by atomic mass is 35.5. The van der Waals surface area contributed by atoms with Crippen molar-refractivity contribution in [1.82, 2.24) is 10.1 Å². The predicted octanol–water partition coefficient (Wildman–Crippen LogP) is 4.74. The summed E-state index contributed by atoms with van der Waals surface area (Å²) < 4.78 is 10.3. The van der Waals surface area contributed by atoms with Crippen LogP contribution in [0.15, 0.2) is 41.6 Å². The van der Waals surface area contributed by atoms with E-state index in [4.69, 9.17) is 32.5 Å². The van der Waals surface area contributed by atoms with Gasteiger partial charge in [-0.15, -0.1) is 0 Å². The highest BCUT2D eigenvalue weighted by Crippen LogP contribution is 2.35. The molecule has 1 heterocycles. The Hall–Kier alpha value is -1.49. The zero-order valence-electron chi connectivity index (χ0n) is 12.6. The zero-order valence-corrected chi connectivity index (χ0v) is 14.1. The van der Waals surface area contributed by atoms with Crippen LogP contribution in [0.1, 0.15) is 24.2 Å². The van der Waals surface area contributed by atoms with Crippen molar-refractivity contribution >= 4 is 23.2 Å². The Morgan fingerprint density at radius 1 is 1.41 bits per heavy atom. The van der Waals surface area contributed by atoms with Crippen molar-refractivity contribution in [3.63, 3.8) is 0 Å². The number of halogens is 2. The Morgan fingerprint density at radius 3 is 2.64 bits per heavy atom. The maximum Gasteiger partial charge on any atom is 0.156 e. The number of hydrogen-bond donors (Lipinski definition) is 0. The molecule has 1 unspecified atom stereocenters. The molecule has 0 bridgehead atoms. The molecule has 0 saturated carbocycles. The molecule has 22 heavy (non-hydrogen) atoms. The van der Waals surface area contributed by atoms with E-state index in [9.17, 15) is 0 Å². The van der Waals surface area contributed by atoms with Crippen LogP contribution in [0.5, 0.6) is 5.75 Å². The Balaban J connectivity index is 2.11. The molecular weight excluding hydrogens is 323 g/mol. The van der Waals surface area contributed by atoms with Crippen molar-refractivity contribution < 1.29 is 9.26 Å². The summed E-state index contributed by atoms with van der Waals surface area (Å²) in [7, 11) is 2.00. The van der Waals surface area contributed by atoms with Crippen molar-refractivity contribution in [3.8, 4) is 5.75 Å². The Labute approximate surface area is 140 Å². The predicted molar refractivity (Wildman–Crippen MR) is 88.5 cm³/mol. The van der Waals surface area contributed by atoms with Crippen LogP contribution < -0.4 is 4.74 Å². The van der Waals surface area contributed by atoms with E-state index in [-0.39, 0.29) is 6.04 Å². The quantitative estimate of drug-likeness (QED) is 0.682. The summed E-state index contributed by atoms with van der Waals surface area (Å²) in [6.45, 7) is 6.70. The smallest absolute Gasteiger partial charge is 0.156 e. The molecular formula is C16H18Cl2N2O2. The molecule has 0 spiro atoms. The van der Waals surface area contributed by atoms with Gasteiger partial charge in [0.2, 0.25) is 0 Å². The standard InChI is InChI=1S/C16H18Cl2N2O2/c1-4-6-21-16-13(17)8-12(9-14(16)18)10-20(3)11(2)15-5-7-22-19-15/h4-5,7-9,11H,1,6,10H2,2-3H3. The van der Waals surface area contributed by atoms with E-state index < -0.39 is 0 Å². The van der Waals surface area contributed by atoms with E-state index in [2.05, 4.69) is 23.6 Å². The first kappa shape index (κ1) is 16.9. The summed E-state index contributed by atoms with van der Waals surface area (Å²) in [5.41, 5.74) is 1.88. The summed E-state index contributed by atoms with van der Waals surface area (Å²) in [6.07, 6.45) is 3.22. The van der Waals surface area contributed by atoms with Gasteiger partial charge < -0.3 is 9.26 Å². The molecule has 0 aliphatic rings.